The van der Waals surface area contributed by atoms with Crippen LogP contribution in [0.15, 0.2) is 18.2 Å². The number of anilines is 1. The summed E-state index contributed by atoms with van der Waals surface area (Å²) in [5.74, 6) is 1.41. The molecule has 24 heavy (non-hydrogen) atoms. The van der Waals surface area contributed by atoms with Crippen LogP contribution in [0.25, 0.3) is 0 Å². The normalized spacial score (nSPS) is 10.3. The summed E-state index contributed by atoms with van der Waals surface area (Å²) in [6, 6.07) is 5.08. The fourth-order valence-electron chi connectivity index (χ4n) is 2.26. The van der Waals surface area contributed by atoms with E-state index in [1.807, 2.05) is 0 Å². The molecule has 2 N–H and O–H groups in total. The van der Waals surface area contributed by atoms with E-state index in [9.17, 15) is 4.79 Å². The number of rotatable bonds is 7. The van der Waals surface area contributed by atoms with E-state index in [0.717, 1.165) is 5.56 Å². The smallest absolute Gasteiger partial charge is 0.358 e. The number of hydrogen-bond acceptors (Lipinski definition) is 7. The van der Waals surface area contributed by atoms with E-state index in [2.05, 4.69) is 5.10 Å². The number of benzene rings is 1. The third kappa shape index (κ3) is 3.53. The summed E-state index contributed by atoms with van der Waals surface area (Å²) >= 11 is 0. The third-order valence-corrected chi connectivity index (χ3v) is 3.35. The molecule has 0 radical (unpaired) electrons. The molecule has 0 atom stereocenters. The highest BCUT2D eigenvalue weighted by Crippen LogP contribution is 2.38. The maximum absolute atomic E-state index is 11.7. The third-order valence-electron chi connectivity index (χ3n) is 3.35. The Labute approximate surface area is 140 Å². The number of nitrogens with two attached hydrogens (primary N) is 1. The molecule has 0 aliphatic carbocycles. The molecule has 0 saturated carbocycles. The molecule has 0 bridgehead atoms. The maximum Gasteiger partial charge on any atom is 0.358 e. The molecule has 1 aromatic heterocycles. The zero-order valence-corrected chi connectivity index (χ0v) is 14.2. The Morgan fingerprint density at radius 3 is 2.25 bits per heavy atom. The van der Waals surface area contributed by atoms with Crippen molar-refractivity contribution >= 4 is 11.8 Å². The van der Waals surface area contributed by atoms with Crippen molar-refractivity contribution in [3.8, 4) is 17.2 Å². The van der Waals surface area contributed by atoms with Gasteiger partial charge in [0.05, 0.1) is 34.5 Å². The van der Waals surface area contributed by atoms with Crippen molar-refractivity contribution in [1.29, 1.82) is 0 Å². The molecule has 130 valence electrons. The number of aromatic nitrogens is 2. The SMILES string of the molecule is CCOC(=O)c1cc(N)n(Cc2cc(OC)c(OC)c(OC)c2)n1. The summed E-state index contributed by atoms with van der Waals surface area (Å²) in [4.78, 5) is 11.7. The van der Waals surface area contributed by atoms with Gasteiger partial charge in [-0.2, -0.15) is 5.10 Å². The molecule has 2 aromatic rings. The monoisotopic (exact) mass is 335 g/mol. The molecule has 0 amide bonds. The number of esters is 1. The van der Waals surface area contributed by atoms with Crippen molar-refractivity contribution in [1.82, 2.24) is 9.78 Å². The van der Waals surface area contributed by atoms with Crippen LogP contribution >= 0.6 is 0 Å². The second-order valence-electron chi connectivity index (χ2n) is 4.87. The van der Waals surface area contributed by atoms with Gasteiger partial charge in [-0.05, 0) is 24.6 Å². The molecule has 8 nitrogen and oxygen atoms in total. The molecule has 1 aromatic carbocycles. The number of nitrogen functional groups attached to an aromatic ring is 1. The van der Waals surface area contributed by atoms with Gasteiger partial charge < -0.3 is 24.7 Å². The summed E-state index contributed by atoms with van der Waals surface area (Å²) in [5.41, 5.74) is 6.92. The van der Waals surface area contributed by atoms with Crippen molar-refractivity contribution in [3.63, 3.8) is 0 Å². The summed E-state index contributed by atoms with van der Waals surface area (Å²) in [6.07, 6.45) is 0. The van der Waals surface area contributed by atoms with Gasteiger partial charge in [0.1, 0.15) is 5.82 Å². The first-order valence-electron chi connectivity index (χ1n) is 7.33. The van der Waals surface area contributed by atoms with E-state index in [1.54, 1.807) is 33.3 Å². The topological polar surface area (TPSA) is 97.8 Å². The fourth-order valence-corrected chi connectivity index (χ4v) is 2.26. The average molecular weight is 335 g/mol. The van der Waals surface area contributed by atoms with Crippen LogP contribution in [-0.4, -0.2) is 43.7 Å². The molecule has 8 heteroatoms. The van der Waals surface area contributed by atoms with E-state index in [0.29, 0.717) is 29.6 Å². The summed E-state index contributed by atoms with van der Waals surface area (Å²) in [7, 11) is 4.63. The minimum atomic E-state index is -0.507. The van der Waals surface area contributed by atoms with E-state index >= 15 is 0 Å². The predicted octanol–water partition coefficient (Wildman–Crippen LogP) is 1.72. The predicted molar refractivity (Wildman–Crippen MR) is 87.8 cm³/mol. The number of nitrogens with zero attached hydrogens (tertiary/aromatic N) is 2. The number of carbonyl (C=O) groups excluding carboxylic acids is 1. The van der Waals surface area contributed by atoms with Crippen LogP contribution in [0.5, 0.6) is 17.2 Å². The van der Waals surface area contributed by atoms with Crippen LogP contribution in [0.4, 0.5) is 5.82 Å². The van der Waals surface area contributed by atoms with E-state index < -0.39 is 5.97 Å². The Morgan fingerprint density at radius 2 is 1.75 bits per heavy atom. The lowest BCUT2D eigenvalue weighted by atomic mass is 10.2. The van der Waals surface area contributed by atoms with Crippen LogP contribution in [0, 0.1) is 0 Å². The van der Waals surface area contributed by atoms with Gasteiger partial charge in [-0.25, -0.2) is 9.48 Å². The Morgan fingerprint density at radius 1 is 1.12 bits per heavy atom. The first kappa shape index (κ1) is 17.5. The van der Waals surface area contributed by atoms with Crippen LogP contribution in [0.2, 0.25) is 0 Å². The Bertz CT molecular complexity index is 701. The molecule has 2 rings (SSSR count). The molecule has 1 heterocycles. The lowest BCUT2D eigenvalue weighted by Gasteiger charge is -2.14. The molecule has 0 aliphatic heterocycles. The van der Waals surface area contributed by atoms with Crippen molar-refractivity contribution in [2.75, 3.05) is 33.7 Å². The summed E-state index contributed by atoms with van der Waals surface area (Å²) in [6.45, 7) is 2.34. The zero-order chi connectivity index (χ0) is 17.7. The van der Waals surface area contributed by atoms with Crippen molar-refractivity contribution in [2.24, 2.45) is 0 Å². The van der Waals surface area contributed by atoms with Gasteiger partial charge in [-0.3, -0.25) is 0 Å². The molecule has 0 aliphatic rings. The maximum atomic E-state index is 11.7. The van der Waals surface area contributed by atoms with Crippen molar-refractivity contribution in [2.45, 2.75) is 13.5 Å². The van der Waals surface area contributed by atoms with Crippen molar-refractivity contribution < 1.29 is 23.7 Å². The average Bonchev–Trinajstić information content (AvgIpc) is 2.95. The standard InChI is InChI=1S/C16H21N3O5/c1-5-24-16(20)11-8-14(17)19(18-11)9-10-6-12(21-2)15(23-4)13(7-10)22-3/h6-8H,5,9,17H2,1-4H3. The first-order chi connectivity index (χ1) is 11.5. The van der Waals surface area contributed by atoms with Crippen LogP contribution in [0.3, 0.4) is 0 Å². The van der Waals surface area contributed by atoms with Gasteiger partial charge in [-0.15, -0.1) is 0 Å². The lowest BCUT2D eigenvalue weighted by Crippen LogP contribution is -2.09. The lowest BCUT2D eigenvalue weighted by molar-refractivity contribution is 0.0518. The number of ether oxygens (including phenoxy) is 4. The zero-order valence-electron chi connectivity index (χ0n) is 14.2. The highest BCUT2D eigenvalue weighted by Gasteiger charge is 2.17. The molecule has 0 saturated heterocycles. The van der Waals surface area contributed by atoms with Gasteiger partial charge in [-0.1, -0.05) is 0 Å². The van der Waals surface area contributed by atoms with E-state index in [4.69, 9.17) is 24.7 Å². The minimum absolute atomic E-state index is 0.168. The number of methoxy groups -OCH3 is 3. The van der Waals surface area contributed by atoms with Crippen LogP contribution in [-0.2, 0) is 11.3 Å². The van der Waals surface area contributed by atoms with Gasteiger partial charge in [0.2, 0.25) is 5.75 Å². The Hall–Kier alpha value is -2.90. The molecule has 0 fully saturated rings. The highest BCUT2D eigenvalue weighted by molar-refractivity contribution is 5.88. The molecule has 0 unspecified atom stereocenters. The van der Waals surface area contributed by atoms with Gasteiger partial charge >= 0.3 is 5.97 Å². The Kier molecular flexibility index (Phi) is 5.51. The van der Waals surface area contributed by atoms with Gasteiger partial charge in [0, 0.05) is 6.07 Å². The second kappa shape index (κ2) is 7.58. The van der Waals surface area contributed by atoms with Gasteiger partial charge in [0.25, 0.3) is 0 Å². The molecule has 0 spiro atoms. The van der Waals surface area contributed by atoms with E-state index in [-0.39, 0.29) is 12.3 Å². The van der Waals surface area contributed by atoms with E-state index in [1.165, 1.54) is 17.9 Å². The Balaban J connectivity index is 2.33. The summed E-state index contributed by atoms with van der Waals surface area (Å²) < 4.78 is 22.4. The second-order valence-corrected chi connectivity index (χ2v) is 4.87. The first-order valence-corrected chi connectivity index (χ1v) is 7.33. The number of hydrogen-bond donors (Lipinski definition) is 1. The fraction of sp³-hybridized carbons (Fsp3) is 0.375. The van der Waals surface area contributed by atoms with Crippen molar-refractivity contribution in [3.05, 3.63) is 29.5 Å². The van der Waals surface area contributed by atoms with Crippen LogP contribution in [0.1, 0.15) is 23.0 Å². The summed E-state index contributed by atoms with van der Waals surface area (Å²) in [5, 5.41) is 4.18. The number of carbonyl (C=O) groups is 1. The van der Waals surface area contributed by atoms with Gasteiger partial charge in [0.15, 0.2) is 17.2 Å². The van der Waals surface area contributed by atoms with Crippen LogP contribution < -0.4 is 19.9 Å². The highest BCUT2D eigenvalue weighted by atomic mass is 16.5. The quantitative estimate of drug-likeness (QED) is 0.769. The largest absolute Gasteiger partial charge is 0.493 e. The molecular formula is C16H21N3O5. The minimum Gasteiger partial charge on any atom is -0.493 e. The molecular weight excluding hydrogens is 314 g/mol.